The Bertz CT molecular complexity index is 1810. The number of hydrogen-bond acceptors (Lipinski definition) is 8. The van der Waals surface area contributed by atoms with E-state index in [1.165, 1.54) is 0 Å². The Morgan fingerprint density at radius 2 is 1.15 bits per heavy atom. The van der Waals surface area contributed by atoms with Gasteiger partial charge in [0, 0.05) is 54.2 Å². The van der Waals surface area contributed by atoms with Crippen molar-refractivity contribution in [1.29, 1.82) is 0 Å². The van der Waals surface area contributed by atoms with E-state index in [9.17, 15) is 21.9 Å². The number of imidazole rings is 1. The van der Waals surface area contributed by atoms with Gasteiger partial charge in [0.05, 0.1) is 35.3 Å². The van der Waals surface area contributed by atoms with Gasteiger partial charge in [0.25, 0.3) is 0 Å². The number of nitrogens with zero attached hydrogens (tertiary/aromatic N) is 3. The smallest absolute Gasteiger partial charge is 0.229 e. The largest absolute Gasteiger partial charge is 0.507 e. The van der Waals surface area contributed by atoms with Crippen LogP contribution in [-0.2, 0) is 20.0 Å². The van der Waals surface area contributed by atoms with Crippen molar-refractivity contribution in [3.05, 3.63) is 59.7 Å². The number of sulfonamides is 2. The average Bonchev–Trinajstić information content (AvgIpc) is 3.40. The second-order valence-corrected chi connectivity index (χ2v) is 14.8. The molecule has 4 aromatic rings. The van der Waals surface area contributed by atoms with Gasteiger partial charge in [-0.25, -0.2) is 21.8 Å². The van der Waals surface area contributed by atoms with Crippen molar-refractivity contribution in [3.63, 3.8) is 0 Å². The van der Waals surface area contributed by atoms with E-state index in [4.69, 9.17) is 4.98 Å². The summed E-state index contributed by atoms with van der Waals surface area (Å²) in [6.07, 6.45) is 2.20. The summed E-state index contributed by atoms with van der Waals surface area (Å²) < 4.78 is 55.8. The van der Waals surface area contributed by atoms with Crippen LogP contribution >= 0.6 is 0 Å². The zero-order chi connectivity index (χ0) is 34.0. The van der Waals surface area contributed by atoms with Gasteiger partial charge in [-0.05, 0) is 101 Å². The van der Waals surface area contributed by atoms with Gasteiger partial charge in [-0.1, -0.05) is 0 Å². The molecule has 0 spiro atoms. The van der Waals surface area contributed by atoms with Crippen LogP contribution in [0.5, 0.6) is 5.75 Å². The fourth-order valence-electron chi connectivity index (χ4n) is 5.62. The summed E-state index contributed by atoms with van der Waals surface area (Å²) >= 11 is 0. The number of aryl methyl sites for hydroxylation is 2. The molecule has 0 aliphatic heterocycles. The number of anilines is 4. The zero-order valence-electron chi connectivity index (χ0n) is 27.7. The van der Waals surface area contributed by atoms with E-state index in [0.717, 1.165) is 50.1 Å². The summed E-state index contributed by atoms with van der Waals surface area (Å²) in [5.74, 6) is 0.654. The minimum atomic E-state index is -3.69. The van der Waals surface area contributed by atoms with E-state index >= 15 is 0 Å². The first-order valence-electron chi connectivity index (χ1n) is 15.2. The van der Waals surface area contributed by atoms with Gasteiger partial charge in [-0.15, -0.1) is 0 Å². The van der Waals surface area contributed by atoms with Gasteiger partial charge in [0.15, 0.2) is 0 Å². The fraction of sp³-hybridized carbons (Fsp3) is 0.364. The lowest BCUT2D eigenvalue weighted by Gasteiger charge is -2.23. The van der Waals surface area contributed by atoms with Crippen molar-refractivity contribution in [2.24, 2.45) is 0 Å². The molecule has 1 aromatic heterocycles. The van der Waals surface area contributed by atoms with E-state index in [2.05, 4.69) is 24.2 Å². The van der Waals surface area contributed by atoms with E-state index in [1.54, 1.807) is 26.0 Å². The second kappa shape index (κ2) is 13.6. The number of phenolic OH excluding ortho intramolecular Hbond substituents is 1. The van der Waals surface area contributed by atoms with E-state index in [0.29, 0.717) is 56.4 Å². The van der Waals surface area contributed by atoms with Crippen molar-refractivity contribution < 1.29 is 21.9 Å². The predicted molar refractivity (Wildman–Crippen MR) is 190 cm³/mol. The molecule has 11 nitrogen and oxygen atoms in total. The Kier molecular flexibility index (Phi) is 10.3. The monoisotopic (exact) mass is 668 g/mol. The first-order valence-corrected chi connectivity index (χ1v) is 19.0. The van der Waals surface area contributed by atoms with Crippen LogP contribution in [0, 0.1) is 13.8 Å². The van der Waals surface area contributed by atoms with Crippen molar-refractivity contribution >= 4 is 42.8 Å². The maximum Gasteiger partial charge on any atom is 0.229 e. The molecule has 0 bridgehead atoms. The minimum absolute atomic E-state index is 0.189. The molecule has 0 saturated heterocycles. The molecule has 0 unspecified atom stereocenters. The second-order valence-electron chi connectivity index (χ2n) is 11.3. The SMILES string of the molecule is CCN(CC)c1ccc(-c2nc(-c3cc(C)c(O)c(C)c3)[nH]c2-c2ccc(N(CC)CC)cc2NS(C)(=O)=O)c(NS(C)(=O)=O)c1. The third-order valence-electron chi connectivity index (χ3n) is 7.85. The van der Waals surface area contributed by atoms with Gasteiger partial charge in [0.2, 0.25) is 20.0 Å². The molecule has 1 heterocycles. The fourth-order valence-corrected chi connectivity index (χ4v) is 6.76. The number of aromatic nitrogens is 2. The van der Waals surface area contributed by atoms with Crippen LogP contribution in [-0.4, -0.2) is 70.6 Å². The van der Waals surface area contributed by atoms with Crippen molar-refractivity contribution in [3.8, 4) is 39.7 Å². The molecule has 0 radical (unpaired) electrons. The van der Waals surface area contributed by atoms with Crippen LogP contribution in [0.4, 0.5) is 22.7 Å². The maximum absolute atomic E-state index is 12.6. The number of benzene rings is 3. The Hall–Kier alpha value is -4.23. The molecule has 46 heavy (non-hydrogen) atoms. The lowest BCUT2D eigenvalue weighted by molar-refractivity contribution is 0.467. The lowest BCUT2D eigenvalue weighted by atomic mass is 10.0. The summed E-state index contributed by atoms with van der Waals surface area (Å²) in [6.45, 7) is 14.6. The molecular weight excluding hydrogens is 625 g/mol. The lowest BCUT2D eigenvalue weighted by Crippen LogP contribution is -2.22. The van der Waals surface area contributed by atoms with Gasteiger partial charge in [0.1, 0.15) is 11.6 Å². The topological polar surface area (TPSA) is 148 Å². The molecule has 0 fully saturated rings. The van der Waals surface area contributed by atoms with Crippen LogP contribution in [0.1, 0.15) is 38.8 Å². The standard InChI is InChI=1S/C33H44N6O5S2/c1-9-38(10-2)24-13-15-26(28(19-24)36-45(7,41)42)30-31(35-33(34-30)23-17-21(5)32(40)22(6)18-23)27-16-14-25(39(11-3)12-4)20-29(27)37-46(8,43)44/h13-20,36-37,40H,9-12H2,1-8H3,(H,34,35). The summed E-state index contributed by atoms with van der Waals surface area (Å²) in [5.41, 5.74) is 6.34. The highest BCUT2D eigenvalue weighted by Crippen LogP contribution is 2.42. The molecule has 13 heteroatoms. The molecule has 0 atom stereocenters. The number of H-pyrrole nitrogens is 1. The van der Waals surface area contributed by atoms with E-state index < -0.39 is 20.0 Å². The number of aromatic amines is 1. The summed E-state index contributed by atoms with van der Waals surface area (Å²) in [6, 6.07) is 14.7. The van der Waals surface area contributed by atoms with Gasteiger partial charge < -0.3 is 19.9 Å². The number of nitrogens with one attached hydrogen (secondary N) is 3. The van der Waals surface area contributed by atoms with Gasteiger partial charge in [-0.2, -0.15) is 0 Å². The van der Waals surface area contributed by atoms with Crippen LogP contribution in [0.3, 0.4) is 0 Å². The molecule has 0 amide bonds. The van der Waals surface area contributed by atoms with E-state index in [-0.39, 0.29) is 5.75 Å². The molecule has 4 rings (SSSR count). The van der Waals surface area contributed by atoms with E-state index in [1.807, 2.05) is 64.1 Å². The molecule has 3 aromatic carbocycles. The van der Waals surface area contributed by atoms with Crippen LogP contribution < -0.4 is 19.2 Å². The average molecular weight is 669 g/mol. The van der Waals surface area contributed by atoms with Crippen LogP contribution in [0.25, 0.3) is 33.9 Å². The van der Waals surface area contributed by atoms with Crippen molar-refractivity contribution in [2.45, 2.75) is 41.5 Å². The third-order valence-corrected chi connectivity index (χ3v) is 9.03. The normalized spacial score (nSPS) is 11.8. The number of aromatic hydroxyl groups is 1. The highest BCUT2D eigenvalue weighted by atomic mass is 32.2. The molecule has 4 N–H and O–H groups in total. The quantitative estimate of drug-likeness (QED) is 0.132. The Labute approximate surface area is 272 Å². The van der Waals surface area contributed by atoms with Gasteiger partial charge in [-0.3, -0.25) is 9.44 Å². The van der Waals surface area contributed by atoms with Gasteiger partial charge >= 0.3 is 0 Å². The zero-order valence-corrected chi connectivity index (χ0v) is 29.3. The summed E-state index contributed by atoms with van der Waals surface area (Å²) in [7, 11) is -7.37. The highest BCUT2D eigenvalue weighted by molar-refractivity contribution is 7.92. The first kappa shape index (κ1) is 34.6. The van der Waals surface area contributed by atoms with Crippen molar-refractivity contribution in [2.75, 3.05) is 57.9 Å². The minimum Gasteiger partial charge on any atom is -0.507 e. The molecule has 0 aliphatic carbocycles. The molecular formula is C33H44N6O5S2. The van der Waals surface area contributed by atoms with Crippen LogP contribution in [0.15, 0.2) is 48.5 Å². The Balaban J connectivity index is 2.08. The first-order chi connectivity index (χ1) is 21.6. The van der Waals surface area contributed by atoms with Crippen LogP contribution in [0.2, 0.25) is 0 Å². The molecule has 0 aliphatic rings. The predicted octanol–water partition coefficient (Wildman–Crippen LogP) is 6.17. The third kappa shape index (κ3) is 7.76. The number of rotatable bonds is 13. The Morgan fingerprint density at radius 1 is 0.717 bits per heavy atom. The molecule has 0 saturated carbocycles. The highest BCUT2D eigenvalue weighted by Gasteiger charge is 2.24. The number of phenols is 1. The molecule has 248 valence electrons. The maximum atomic E-state index is 12.6. The number of hydrogen-bond donors (Lipinski definition) is 4. The summed E-state index contributed by atoms with van der Waals surface area (Å²) in [5, 5.41) is 10.4. The Morgan fingerprint density at radius 3 is 1.59 bits per heavy atom. The van der Waals surface area contributed by atoms with Crippen molar-refractivity contribution in [1.82, 2.24) is 9.97 Å². The summed E-state index contributed by atoms with van der Waals surface area (Å²) in [4.78, 5) is 12.6.